The maximum atomic E-state index is 12.1. The van der Waals surface area contributed by atoms with Crippen molar-refractivity contribution in [1.29, 1.82) is 5.26 Å². The number of rotatable bonds is 7. The number of hydrogen-bond acceptors (Lipinski definition) is 5. The van der Waals surface area contributed by atoms with E-state index in [1.165, 1.54) is 6.08 Å². The number of carbonyl (C=O) groups excluding carboxylic acids is 1. The summed E-state index contributed by atoms with van der Waals surface area (Å²) in [5.41, 5.74) is 0.982. The van der Waals surface area contributed by atoms with Gasteiger partial charge in [-0.2, -0.15) is 10.4 Å². The molecule has 0 aliphatic heterocycles. The Kier molecular flexibility index (Phi) is 5.30. The average molecular weight is 347 g/mol. The molecule has 0 saturated heterocycles. The second-order valence-electron chi connectivity index (χ2n) is 5.48. The molecule has 130 valence electrons. The fraction of sp³-hybridized carbons (Fsp3) is 0.150. The molecule has 0 aliphatic carbocycles. The summed E-state index contributed by atoms with van der Waals surface area (Å²) >= 11 is 0. The molecule has 6 nitrogen and oxygen atoms in total. The van der Waals surface area contributed by atoms with Crippen molar-refractivity contribution in [3.63, 3.8) is 0 Å². The molecule has 2 aromatic heterocycles. The second kappa shape index (κ2) is 7.99. The molecule has 0 amide bonds. The summed E-state index contributed by atoms with van der Waals surface area (Å²) in [5, 5.41) is 12.9. The lowest BCUT2D eigenvalue weighted by molar-refractivity contribution is 0.104. The van der Waals surface area contributed by atoms with Crippen LogP contribution in [0.3, 0.4) is 0 Å². The lowest BCUT2D eigenvalue weighted by atomic mass is 10.2. The molecule has 1 aromatic carbocycles. The van der Waals surface area contributed by atoms with Gasteiger partial charge in [0.05, 0.1) is 11.6 Å². The van der Waals surface area contributed by atoms with E-state index >= 15 is 0 Å². The highest BCUT2D eigenvalue weighted by atomic mass is 16.5. The molecule has 0 radical (unpaired) electrons. The van der Waals surface area contributed by atoms with Crippen molar-refractivity contribution in [2.75, 3.05) is 0 Å². The Morgan fingerprint density at radius 3 is 2.77 bits per heavy atom. The van der Waals surface area contributed by atoms with E-state index in [9.17, 15) is 4.79 Å². The summed E-state index contributed by atoms with van der Waals surface area (Å²) in [5.74, 6) is 1.67. The number of carbonyl (C=O) groups is 1. The van der Waals surface area contributed by atoms with Gasteiger partial charge in [0, 0.05) is 12.7 Å². The Bertz CT molecular complexity index is 959. The van der Waals surface area contributed by atoms with E-state index in [2.05, 4.69) is 11.2 Å². The number of ketones is 1. The largest absolute Gasteiger partial charge is 0.486 e. The van der Waals surface area contributed by atoms with Crippen LogP contribution in [0.5, 0.6) is 5.75 Å². The highest BCUT2D eigenvalue weighted by Crippen LogP contribution is 2.16. The zero-order valence-corrected chi connectivity index (χ0v) is 14.3. The molecule has 3 rings (SSSR count). The van der Waals surface area contributed by atoms with Gasteiger partial charge in [-0.05, 0) is 61.5 Å². The summed E-state index contributed by atoms with van der Waals surface area (Å²) in [6.45, 7) is 2.94. The molecular formula is C20H17N3O3. The third kappa shape index (κ3) is 4.28. The Labute approximate surface area is 150 Å². The van der Waals surface area contributed by atoms with Crippen molar-refractivity contribution in [3.8, 4) is 11.8 Å². The number of nitriles is 1. The van der Waals surface area contributed by atoms with Crippen LogP contribution in [0.4, 0.5) is 0 Å². The number of aryl methyl sites for hydroxylation is 1. The van der Waals surface area contributed by atoms with Crippen LogP contribution in [-0.4, -0.2) is 15.6 Å². The minimum atomic E-state index is -0.177. The Morgan fingerprint density at radius 2 is 2.08 bits per heavy atom. The predicted molar refractivity (Wildman–Crippen MR) is 95.5 cm³/mol. The summed E-state index contributed by atoms with van der Waals surface area (Å²) in [6.07, 6.45) is 4.82. The molecule has 0 bridgehead atoms. The SMILES string of the molecule is CCn1ccc(C(=O)/C=C/c2ccc(COc3ccc(C#N)cc3)o2)n1. The zero-order valence-electron chi connectivity index (χ0n) is 14.3. The molecular weight excluding hydrogens is 330 g/mol. The average Bonchev–Trinajstić information content (AvgIpc) is 3.34. The van der Waals surface area contributed by atoms with Crippen LogP contribution in [0, 0.1) is 11.3 Å². The standard InChI is InChI=1S/C20H17N3O3/c1-2-23-12-11-19(22-23)20(24)10-9-17-7-8-18(26-17)14-25-16-5-3-15(13-21)4-6-16/h3-12H,2,14H2,1H3/b10-9+. The van der Waals surface area contributed by atoms with E-state index in [0.717, 1.165) is 6.54 Å². The van der Waals surface area contributed by atoms with Gasteiger partial charge in [-0.25, -0.2) is 0 Å². The zero-order chi connectivity index (χ0) is 18.4. The van der Waals surface area contributed by atoms with E-state index in [-0.39, 0.29) is 12.4 Å². The lowest BCUT2D eigenvalue weighted by Crippen LogP contribution is -1.99. The number of nitrogens with zero attached hydrogens (tertiary/aromatic N) is 3. The summed E-state index contributed by atoms with van der Waals surface area (Å²) < 4.78 is 12.9. The van der Waals surface area contributed by atoms with E-state index < -0.39 is 0 Å². The van der Waals surface area contributed by atoms with E-state index in [1.54, 1.807) is 59.4 Å². The molecule has 0 aliphatic rings. The third-order valence-corrected chi connectivity index (χ3v) is 3.66. The van der Waals surface area contributed by atoms with Crippen LogP contribution >= 0.6 is 0 Å². The number of hydrogen-bond donors (Lipinski definition) is 0. The molecule has 0 spiro atoms. The number of furan rings is 1. The Balaban J connectivity index is 1.56. The monoisotopic (exact) mass is 347 g/mol. The van der Waals surface area contributed by atoms with Gasteiger partial charge in [0.15, 0.2) is 0 Å². The fourth-order valence-corrected chi connectivity index (χ4v) is 2.25. The second-order valence-corrected chi connectivity index (χ2v) is 5.48. The summed E-state index contributed by atoms with van der Waals surface area (Å²) in [4.78, 5) is 12.1. The van der Waals surface area contributed by atoms with Gasteiger partial charge in [0.1, 0.15) is 29.6 Å². The molecule has 0 fully saturated rings. The third-order valence-electron chi connectivity index (χ3n) is 3.66. The lowest BCUT2D eigenvalue weighted by Gasteiger charge is -2.03. The van der Waals surface area contributed by atoms with E-state index in [4.69, 9.17) is 14.4 Å². The van der Waals surface area contributed by atoms with E-state index in [0.29, 0.717) is 28.5 Å². The van der Waals surface area contributed by atoms with Crippen molar-refractivity contribution in [3.05, 3.63) is 77.5 Å². The molecule has 0 unspecified atom stereocenters. The normalized spacial score (nSPS) is 10.8. The maximum absolute atomic E-state index is 12.1. The highest BCUT2D eigenvalue weighted by molar-refractivity contribution is 6.05. The van der Waals surface area contributed by atoms with Gasteiger partial charge in [-0.15, -0.1) is 0 Å². The van der Waals surface area contributed by atoms with Crippen LogP contribution in [0.1, 0.15) is 34.5 Å². The Morgan fingerprint density at radius 1 is 1.27 bits per heavy atom. The van der Waals surface area contributed by atoms with Crippen LogP contribution < -0.4 is 4.74 Å². The minimum Gasteiger partial charge on any atom is -0.486 e. The first-order chi connectivity index (χ1) is 12.7. The van der Waals surface area contributed by atoms with Crippen LogP contribution in [0.2, 0.25) is 0 Å². The number of aromatic nitrogens is 2. The maximum Gasteiger partial charge on any atom is 0.206 e. The van der Waals surface area contributed by atoms with Gasteiger partial charge in [0.25, 0.3) is 0 Å². The van der Waals surface area contributed by atoms with Crippen molar-refractivity contribution in [2.45, 2.75) is 20.1 Å². The number of allylic oxidation sites excluding steroid dienone is 1. The molecule has 0 atom stereocenters. The molecule has 26 heavy (non-hydrogen) atoms. The fourth-order valence-electron chi connectivity index (χ4n) is 2.25. The molecule has 6 heteroatoms. The Hall–Kier alpha value is -3.59. The minimum absolute atomic E-state index is 0.177. The van der Waals surface area contributed by atoms with Crippen molar-refractivity contribution in [2.24, 2.45) is 0 Å². The summed E-state index contributed by atoms with van der Waals surface area (Å²) in [7, 11) is 0. The van der Waals surface area contributed by atoms with Crippen LogP contribution in [-0.2, 0) is 13.2 Å². The molecule has 2 heterocycles. The van der Waals surface area contributed by atoms with Gasteiger partial charge in [-0.1, -0.05) is 0 Å². The van der Waals surface area contributed by atoms with Crippen LogP contribution in [0.15, 0.2) is 59.2 Å². The first-order valence-corrected chi connectivity index (χ1v) is 8.15. The van der Waals surface area contributed by atoms with Crippen molar-refractivity contribution in [1.82, 2.24) is 9.78 Å². The van der Waals surface area contributed by atoms with Gasteiger partial charge < -0.3 is 9.15 Å². The molecule has 0 N–H and O–H groups in total. The molecule has 0 saturated carbocycles. The first kappa shape index (κ1) is 17.2. The highest BCUT2D eigenvalue weighted by Gasteiger charge is 2.06. The van der Waals surface area contributed by atoms with Crippen molar-refractivity contribution < 1.29 is 13.9 Å². The number of ether oxygens (including phenoxy) is 1. The van der Waals surface area contributed by atoms with Gasteiger partial charge in [-0.3, -0.25) is 9.48 Å². The van der Waals surface area contributed by atoms with Crippen molar-refractivity contribution >= 4 is 11.9 Å². The summed E-state index contributed by atoms with van der Waals surface area (Å²) in [6, 6.07) is 14.2. The predicted octanol–water partition coefficient (Wildman–Crippen LogP) is 3.84. The van der Waals surface area contributed by atoms with Gasteiger partial charge >= 0.3 is 0 Å². The topological polar surface area (TPSA) is 81.0 Å². The quantitative estimate of drug-likeness (QED) is 0.479. The van der Waals surface area contributed by atoms with Crippen LogP contribution in [0.25, 0.3) is 6.08 Å². The van der Waals surface area contributed by atoms with E-state index in [1.807, 2.05) is 6.92 Å². The van der Waals surface area contributed by atoms with Gasteiger partial charge in [0.2, 0.25) is 5.78 Å². The number of benzene rings is 1. The first-order valence-electron chi connectivity index (χ1n) is 8.15. The smallest absolute Gasteiger partial charge is 0.206 e. The molecule has 3 aromatic rings.